The number of ether oxygens (including phenoxy) is 3. The van der Waals surface area contributed by atoms with Gasteiger partial charge in [-0.3, -0.25) is 4.79 Å². The van der Waals surface area contributed by atoms with Crippen molar-refractivity contribution < 1.29 is 18.6 Å². The first kappa shape index (κ1) is 20.5. The van der Waals surface area contributed by atoms with Gasteiger partial charge >= 0.3 is 0 Å². The maximum absolute atomic E-state index is 13.0. The number of nitrogens with zero attached hydrogens (tertiary/aromatic N) is 3. The van der Waals surface area contributed by atoms with Crippen LogP contribution >= 0.6 is 11.3 Å². The molecule has 0 aliphatic heterocycles. The van der Waals surface area contributed by atoms with Crippen molar-refractivity contribution in [2.45, 2.75) is 0 Å². The fraction of sp³-hybridized carbons (Fsp3) is 0.136. The number of benzene rings is 2. The Kier molecular flexibility index (Phi) is 5.68. The first-order valence-corrected chi connectivity index (χ1v) is 9.99. The summed E-state index contributed by atoms with van der Waals surface area (Å²) in [6, 6.07) is 9.56. The highest BCUT2D eigenvalue weighted by atomic mass is 32.1. The first-order valence-electron chi connectivity index (χ1n) is 9.17. The lowest BCUT2D eigenvalue weighted by Gasteiger charge is -2.12. The van der Waals surface area contributed by atoms with Crippen LogP contribution in [0.5, 0.6) is 17.2 Å². The number of fused-ring (bicyclic) bond motifs is 1. The zero-order valence-electron chi connectivity index (χ0n) is 17.0. The number of halogens is 1. The second-order valence-electron chi connectivity index (χ2n) is 6.42. The van der Waals surface area contributed by atoms with Gasteiger partial charge in [-0.15, -0.1) is 5.10 Å². The molecule has 4 aromatic rings. The molecule has 2 heterocycles. The summed E-state index contributed by atoms with van der Waals surface area (Å²) in [5.41, 5.74) is 1.24. The lowest BCUT2D eigenvalue weighted by atomic mass is 10.1. The van der Waals surface area contributed by atoms with Gasteiger partial charge < -0.3 is 14.2 Å². The van der Waals surface area contributed by atoms with Crippen molar-refractivity contribution in [1.82, 2.24) is 14.6 Å². The van der Waals surface area contributed by atoms with Crippen molar-refractivity contribution in [3.63, 3.8) is 0 Å². The van der Waals surface area contributed by atoms with E-state index in [1.165, 1.54) is 49.3 Å². The Bertz CT molecular complexity index is 1350. The molecule has 7 nitrogen and oxygen atoms in total. The minimum Gasteiger partial charge on any atom is -0.493 e. The van der Waals surface area contributed by atoms with Gasteiger partial charge in [0.25, 0.3) is 5.56 Å². The number of hydrogen-bond acceptors (Lipinski definition) is 7. The lowest BCUT2D eigenvalue weighted by molar-refractivity contribution is 0.324. The average molecular weight is 439 g/mol. The molecule has 0 radical (unpaired) electrons. The van der Waals surface area contributed by atoms with Gasteiger partial charge in [0.15, 0.2) is 17.3 Å². The van der Waals surface area contributed by atoms with Crippen LogP contribution in [0, 0.1) is 5.82 Å². The summed E-state index contributed by atoms with van der Waals surface area (Å²) in [6.45, 7) is 0. The lowest BCUT2D eigenvalue weighted by Crippen LogP contribution is -2.23. The maximum Gasteiger partial charge on any atom is 0.291 e. The van der Waals surface area contributed by atoms with Gasteiger partial charge in [-0.1, -0.05) is 29.5 Å². The predicted molar refractivity (Wildman–Crippen MR) is 117 cm³/mol. The Morgan fingerprint density at radius 1 is 0.968 bits per heavy atom. The predicted octanol–water partition coefficient (Wildman–Crippen LogP) is 3.03. The van der Waals surface area contributed by atoms with E-state index in [9.17, 15) is 9.18 Å². The molecule has 0 unspecified atom stereocenters. The second-order valence-corrected chi connectivity index (χ2v) is 7.43. The molecule has 0 aliphatic rings. The second kappa shape index (κ2) is 8.57. The number of thiazole rings is 1. The zero-order valence-corrected chi connectivity index (χ0v) is 17.8. The molecule has 0 fully saturated rings. The van der Waals surface area contributed by atoms with Crippen LogP contribution in [-0.4, -0.2) is 35.9 Å². The topological polar surface area (TPSA) is 75.0 Å². The third-order valence-electron chi connectivity index (χ3n) is 4.48. The molecule has 2 aromatic heterocycles. The molecule has 9 heteroatoms. The van der Waals surface area contributed by atoms with Crippen LogP contribution in [0.4, 0.5) is 4.39 Å². The fourth-order valence-electron chi connectivity index (χ4n) is 3.00. The van der Waals surface area contributed by atoms with Crippen LogP contribution in [0.15, 0.2) is 41.2 Å². The van der Waals surface area contributed by atoms with E-state index in [2.05, 4.69) is 10.1 Å². The Balaban J connectivity index is 1.69. The molecule has 0 aliphatic carbocycles. The quantitative estimate of drug-likeness (QED) is 0.460. The van der Waals surface area contributed by atoms with E-state index >= 15 is 0 Å². The first-order chi connectivity index (χ1) is 15.0. The van der Waals surface area contributed by atoms with E-state index < -0.39 is 0 Å². The molecule has 0 atom stereocenters. The largest absolute Gasteiger partial charge is 0.493 e. The molecule has 0 saturated heterocycles. The minimum absolute atomic E-state index is 0.275. The van der Waals surface area contributed by atoms with E-state index in [1.54, 1.807) is 42.5 Å². The monoisotopic (exact) mass is 439 g/mol. The van der Waals surface area contributed by atoms with Crippen molar-refractivity contribution >= 4 is 34.5 Å². The molecule has 2 aromatic carbocycles. The van der Waals surface area contributed by atoms with Crippen LogP contribution in [0.3, 0.4) is 0 Å². The molecule has 0 spiro atoms. The third-order valence-corrected chi connectivity index (χ3v) is 5.44. The van der Waals surface area contributed by atoms with Crippen molar-refractivity contribution in [3.8, 4) is 17.2 Å². The highest BCUT2D eigenvalue weighted by Crippen LogP contribution is 2.38. The van der Waals surface area contributed by atoms with Crippen LogP contribution in [0.2, 0.25) is 0 Å². The summed E-state index contributed by atoms with van der Waals surface area (Å²) in [4.78, 5) is 17.6. The average Bonchev–Trinajstić information content (AvgIpc) is 3.31. The maximum atomic E-state index is 13.0. The molecule has 4 rings (SSSR count). The summed E-state index contributed by atoms with van der Waals surface area (Å²) >= 11 is 1.22. The number of aromatic nitrogens is 3. The highest BCUT2D eigenvalue weighted by molar-refractivity contribution is 7.15. The SMILES string of the molecule is COc1cc(/C=c2\sc3nc(/C=C/c4ccc(F)cc4)nn3c2=O)cc(OC)c1OC. The van der Waals surface area contributed by atoms with Crippen LogP contribution in [0.1, 0.15) is 17.0 Å². The minimum atomic E-state index is -0.301. The summed E-state index contributed by atoms with van der Waals surface area (Å²) in [5, 5.41) is 4.26. The summed E-state index contributed by atoms with van der Waals surface area (Å²) in [7, 11) is 4.59. The number of hydrogen-bond donors (Lipinski definition) is 0. The van der Waals surface area contributed by atoms with Gasteiger partial charge in [0.2, 0.25) is 10.7 Å². The van der Waals surface area contributed by atoms with E-state index in [4.69, 9.17) is 14.2 Å². The van der Waals surface area contributed by atoms with Crippen molar-refractivity contribution in [1.29, 1.82) is 0 Å². The summed E-state index contributed by atoms with van der Waals surface area (Å²) in [5.74, 6) is 1.56. The Labute approximate surface area is 180 Å². The van der Waals surface area contributed by atoms with Crippen molar-refractivity contribution in [2.75, 3.05) is 21.3 Å². The van der Waals surface area contributed by atoms with Gasteiger partial charge in [-0.25, -0.2) is 4.39 Å². The molecule has 158 valence electrons. The third kappa shape index (κ3) is 4.13. The molecular formula is C22H18FN3O4S. The van der Waals surface area contributed by atoms with E-state index in [0.29, 0.717) is 38.1 Å². The number of methoxy groups -OCH3 is 3. The zero-order chi connectivity index (χ0) is 22.0. The molecule has 0 N–H and O–H groups in total. The normalized spacial score (nSPS) is 12.1. The number of rotatable bonds is 6. The van der Waals surface area contributed by atoms with Crippen LogP contribution < -0.4 is 24.3 Å². The summed E-state index contributed by atoms with van der Waals surface area (Å²) < 4.78 is 30.8. The highest BCUT2D eigenvalue weighted by Gasteiger charge is 2.13. The standard InChI is InChI=1S/C22H18FN3O4S/c1-28-16-10-14(11-17(29-2)20(16)30-3)12-18-21(27)26-22(31-18)24-19(25-26)9-6-13-4-7-15(23)8-5-13/h4-12H,1-3H3/b9-6+,18-12-. The summed E-state index contributed by atoms with van der Waals surface area (Å²) in [6.07, 6.45) is 5.16. The van der Waals surface area contributed by atoms with Gasteiger partial charge in [-0.2, -0.15) is 9.50 Å². The van der Waals surface area contributed by atoms with Gasteiger partial charge in [0.1, 0.15) is 5.82 Å². The van der Waals surface area contributed by atoms with E-state index in [1.807, 2.05) is 0 Å². The van der Waals surface area contributed by atoms with Crippen molar-refractivity contribution in [3.05, 3.63) is 74.1 Å². The van der Waals surface area contributed by atoms with Crippen LogP contribution in [0.25, 0.3) is 23.2 Å². The van der Waals surface area contributed by atoms with Gasteiger partial charge in [0.05, 0.1) is 25.9 Å². The molecule has 31 heavy (non-hydrogen) atoms. The molecule has 0 bridgehead atoms. The van der Waals surface area contributed by atoms with Crippen LogP contribution in [-0.2, 0) is 0 Å². The molecular weight excluding hydrogens is 421 g/mol. The molecule has 0 amide bonds. The smallest absolute Gasteiger partial charge is 0.291 e. The Morgan fingerprint density at radius 2 is 1.65 bits per heavy atom. The Morgan fingerprint density at radius 3 is 2.23 bits per heavy atom. The van der Waals surface area contributed by atoms with Gasteiger partial charge in [0, 0.05) is 0 Å². The van der Waals surface area contributed by atoms with E-state index in [-0.39, 0.29) is 11.4 Å². The van der Waals surface area contributed by atoms with Crippen molar-refractivity contribution in [2.24, 2.45) is 0 Å². The van der Waals surface area contributed by atoms with Gasteiger partial charge in [-0.05, 0) is 47.5 Å². The van der Waals surface area contributed by atoms with E-state index in [0.717, 1.165) is 5.56 Å². The Hall–Kier alpha value is -3.72. The fourth-order valence-corrected chi connectivity index (χ4v) is 3.92. The molecule has 0 saturated carbocycles.